The predicted molar refractivity (Wildman–Crippen MR) is 117 cm³/mol. The minimum absolute atomic E-state index is 0.0816. The van der Waals surface area contributed by atoms with Crippen LogP contribution in [0.25, 0.3) is 22.9 Å². The first-order valence-electron chi connectivity index (χ1n) is 9.51. The lowest BCUT2D eigenvalue weighted by Crippen LogP contribution is -2.13. The van der Waals surface area contributed by atoms with E-state index in [4.69, 9.17) is 8.83 Å². The maximum absolute atomic E-state index is 12.3. The third-order valence-corrected chi connectivity index (χ3v) is 5.28. The summed E-state index contributed by atoms with van der Waals surface area (Å²) in [5.41, 5.74) is 2.00. The summed E-state index contributed by atoms with van der Waals surface area (Å²) in [6.07, 6.45) is 3.23. The van der Waals surface area contributed by atoms with E-state index in [-0.39, 0.29) is 18.0 Å². The molecule has 3 heterocycles. The first kappa shape index (κ1) is 21.2. The first-order chi connectivity index (χ1) is 15.5. The van der Waals surface area contributed by atoms with Crippen LogP contribution in [0.3, 0.4) is 0 Å². The fourth-order valence-electron chi connectivity index (χ4n) is 2.84. The van der Waals surface area contributed by atoms with Crippen molar-refractivity contribution in [1.29, 1.82) is 0 Å². The summed E-state index contributed by atoms with van der Waals surface area (Å²) >= 11 is 1.26. The van der Waals surface area contributed by atoms with E-state index < -0.39 is 4.92 Å². The number of hydrogen-bond donors (Lipinski definition) is 1. The number of carbonyl (C=O) groups is 1. The van der Waals surface area contributed by atoms with Crippen molar-refractivity contribution in [3.8, 4) is 22.9 Å². The molecule has 162 valence electrons. The van der Waals surface area contributed by atoms with Gasteiger partial charge in [0.15, 0.2) is 17.2 Å². The molecule has 10 nitrogen and oxygen atoms in total. The van der Waals surface area contributed by atoms with Crippen LogP contribution in [0.1, 0.15) is 12.0 Å². The van der Waals surface area contributed by atoms with Crippen molar-refractivity contribution < 1.29 is 18.6 Å². The molecular formula is C21H17N5O5S. The first-order valence-corrected chi connectivity index (χ1v) is 10.5. The van der Waals surface area contributed by atoms with Crippen molar-refractivity contribution in [1.82, 2.24) is 15.2 Å². The van der Waals surface area contributed by atoms with Crippen LogP contribution in [-0.4, -0.2) is 31.8 Å². The largest absolute Gasteiger partial charge is 0.463 e. The number of thioether (sulfide) groups is 1. The molecule has 1 amide bonds. The Bertz CT molecular complexity index is 1240. The lowest BCUT2D eigenvalue weighted by molar-refractivity contribution is -0.384. The molecule has 0 aliphatic heterocycles. The summed E-state index contributed by atoms with van der Waals surface area (Å²) in [5.74, 6) is 1.15. The molecule has 0 fully saturated rings. The van der Waals surface area contributed by atoms with Gasteiger partial charge in [-0.1, -0.05) is 17.8 Å². The van der Waals surface area contributed by atoms with Crippen molar-refractivity contribution in [2.75, 3.05) is 11.1 Å². The summed E-state index contributed by atoms with van der Waals surface area (Å²) in [6.45, 7) is 1.77. The van der Waals surface area contributed by atoms with Crippen LogP contribution in [0.5, 0.6) is 0 Å². The van der Waals surface area contributed by atoms with E-state index in [1.165, 1.54) is 36.4 Å². The van der Waals surface area contributed by atoms with Crippen molar-refractivity contribution in [3.63, 3.8) is 0 Å². The molecular weight excluding hydrogens is 434 g/mol. The molecule has 32 heavy (non-hydrogen) atoms. The number of nitrogens with zero attached hydrogens (tertiary/aromatic N) is 4. The molecule has 0 bridgehead atoms. The van der Waals surface area contributed by atoms with Crippen molar-refractivity contribution in [2.24, 2.45) is 0 Å². The van der Waals surface area contributed by atoms with Gasteiger partial charge in [-0.3, -0.25) is 14.9 Å². The zero-order chi connectivity index (χ0) is 22.5. The molecule has 0 radical (unpaired) electrons. The summed E-state index contributed by atoms with van der Waals surface area (Å²) < 4.78 is 10.9. The minimum Gasteiger partial charge on any atom is -0.463 e. The van der Waals surface area contributed by atoms with Crippen LogP contribution < -0.4 is 5.32 Å². The van der Waals surface area contributed by atoms with E-state index in [2.05, 4.69) is 20.5 Å². The molecule has 1 aromatic carbocycles. The van der Waals surface area contributed by atoms with Gasteiger partial charge < -0.3 is 14.2 Å². The number of aromatic nitrogens is 3. The molecule has 0 saturated carbocycles. The standard InChI is InChI=1S/C21H17N5O5S/c1-13-6-7-14(26(28)29)12-15(13)22-18(27)8-11-32-21-23-19(16-4-2-9-30-16)20(24-25-21)17-5-3-10-31-17/h2-7,9-10,12H,8,11H2,1H3,(H,22,27). The number of amides is 1. The Labute approximate surface area is 186 Å². The normalized spacial score (nSPS) is 10.8. The zero-order valence-corrected chi connectivity index (χ0v) is 17.7. The van der Waals surface area contributed by atoms with Crippen LogP contribution >= 0.6 is 11.8 Å². The number of nitro benzene ring substituents is 1. The lowest BCUT2D eigenvalue weighted by atomic mass is 10.2. The number of benzene rings is 1. The second-order valence-corrected chi connectivity index (χ2v) is 7.71. The highest BCUT2D eigenvalue weighted by Crippen LogP contribution is 2.30. The van der Waals surface area contributed by atoms with Gasteiger partial charge in [-0.2, -0.15) is 0 Å². The predicted octanol–water partition coefficient (Wildman–Crippen LogP) is 4.73. The highest BCUT2D eigenvalue weighted by molar-refractivity contribution is 7.99. The summed E-state index contributed by atoms with van der Waals surface area (Å²) in [7, 11) is 0. The topological polar surface area (TPSA) is 137 Å². The molecule has 11 heteroatoms. The SMILES string of the molecule is Cc1ccc([N+](=O)[O-])cc1NC(=O)CCSc1nnc(-c2ccco2)c(-c2ccco2)n1. The molecule has 0 aliphatic rings. The Morgan fingerprint density at radius 2 is 1.81 bits per heavy atom. The number of rotatable bonds is 8. The number of nitrogens with one attached hydrogen (secondary N) is 1. The van der Waals surface area contributed by atoms with Gasteiger partial charge in [0.25, 0.3) is 5.69 Å². The van der Waals surface area contributed by atoms with Crippen LogP contribution in [0.15, 0.2) is 69.0 Å². The fraction of sp³-hybridized carbons (Fsp3) is 0.143. The average molecular weight is 451 g/mol. The Hall–Kier alpha value is -3.99. The summed E-state index contributed by atoms with van der Waals surface area (Å²) in [4.78, 5) is 27.3. The number of carbonyl (C=O) groups excluding carboxylic acids is 1. The number of hydrogen-bond acceptors (Lipinski definition) is 9. The van der Waals surface area contributed by atoms with Gasteiger partial charge in [0, 0.05) is 24.3 Å². The van der Waals surface area contributed by atoms with Crippen molar-refractivity contribution in [3.05, 3.63) is 70.7 Å². The van der Waals surface area contributed by atoms with Gasteiger partial charge in [0.1, 0.15) is 5.69 Å². The molecule has 0 saturated heterocycles. The van der Waals surface area contributed by atoms with E-state index in [0.717, 1.165) is 5.56 Å². The highest BCUT2D eigenvalue weighted by atomic mass is 32.2. The average Bonchev–Trinajstić information content (AvgIpc) is 3.49. The van der Waals surface area contributed by atoms with E-state index in [9.17, 15) is 14.9 Å². The third-order valence-electron chi connectivity index (χ3n) is 4.44. The van der Waals surface area contributed by atoms with Crippen LogP contribution in [-0.2, 0) is 4.79 Å². The van der Waals surface area contributed by atoms with Gasteiger partial charge in [0.2, 0.25) is 11.1 Å². The monoisotopic (exact) mass is 451 g/mol. The second kappa shape index (κ2) is 9.43. The number of non-ortho nitro benzene ring substituents is 1. The number of aryl methyl sites for hydroxylation is 1. The van der Waals surface area contributed by atoms with Gasteiger partial charge in [-0.25, -0.2) is 4.98 Å². The lowest BCUT2D eigenvalue weighted by Gasteiger charge is -2.08. The van der Waals surface area contributed by atoms with Crippen LogP contribution in [0.2, 0.25) is 0 Å². The van der Waals surface area contributed by atoms with Crippen LogP contribution in [0, 0.1) is 17.0 Å². The maximum Gasteiger partial charge on any atom is 0.271 e. The molecule has 0 spiro atoms. The summed E-state index contributed by atoms with van der Waals surface area (Å²) in [5, 5.41) is 22.4. The smallest absolute Gasteiger partial charge is 0.271 e. The van der Waals surface area contributed by atoms with Gasteiger partial charge in [0.05, 0.1) is 23.1 Å². The molecule has 3 aromatic heterocycles. The number of nitro groups is 1. The Morgan fingerprint density at radius 1 is 1.09 bits per heavy atom. The van der Waals surface area contributed by atoms with Gasteiger partial charge >= 0.3 is 0 Å². The van der Waals surface area contributed by atoms with E-state index in [1.807, 2.05) is 0 Å². The molecule has 0 atom stereocenters. The Kier molecular flexibility index (Phi) is 6.26. The molecule has 0 aliphatic carbocycles. The Balaban J connectivity index is 1.42. The number of anilines is 1. The number of furan rings is 2. The van der Waals surface area contributed by atoms with Crippen molar-refractivity contribution >= 4 is 29.0 Å². The molecule has 0 unspecified atom stereocenters. The van der Waals surface area contributed by atoms with Gasteiger partial charge in [-0.15, -0.1) is 10.2 Å². The van der Waals surface area contributed by atoms with Crippen molar-refractivity contribution in [2.45, 2.75) is 18.5 Å². The highest BCUT2D eigenvalue weighted by Gasteiger charge is 2.18. The van der Waals surface area contributed by atoms with E-state index in [0.29, 0.717) is 39.5 Å². The maximum atomic E-state index is 12.3. The minimum atomic E-state index is -0.502. The van der Waals surface area contributed by atoms with E-state index >= 15 is 0 Å². The quantitative estimate of drug-likeness (QED) is 0.229. The Morgan fingerprint density at radius 3 is 2.47 bits per heavy atom. The molecule has 4 rings (SSSR count). The fourth-order valence-corrected chi connectivity index (χ4v) is 3.57. The van der Waals surface area contributed by atoms with Crippen LogP contribution in [0.4, 0.5) is 11.4 Å². The second-order valence-electron chi connectivity index (χ2n) is 6.65. The van der Waals surface area contributed by atoms with Gasteiger partial charge in [-0.05, 0) is 36.8 Å². The zero-order valence-electron chi connectivity index (χ0n) is 16.8. The third kappa shape index (κ3) is 4.83. The molecule has 1 N–H and O–H groups in total. The summed E-state index contributed by atoms with van der Waals surface area (Å²) in [6, 6.07) is 11.3. The molecule has 4 aromatic rings. The van der Waals surface area contributed by atoms with E-state index in [1.54, 1.807) is 37.3 Å².